The van der Waals surface area contributed by atoms with Gasteiger partial charge in [-0.25, -0.2) is 9.97 Å². The Morgan fingerprint density at radius 2 is 1.95 bits per heavy atom. The first-order valence-electron chi connectivity index (χ1n) is 7.13. The van der Waals surface area contributed by atoms with Crippen molar-refractivity contribution in [1.82, 2.24) is 15.3 Å². The number of amides is 1. The van der Waals surface area contributed by atoms with Gasteiger partial charge in [0.25, 0.3) is 5.91 Å². The number of aromatic nitrogens is 2. The molecular formula is C16H19ClN4O. The molecule has 2 aromatic rings. The van der Waals surface area contributed by atoms with Crippen LogP contribution in [0.1, 0.15) is 29.9 Å². The van der Waals surface area contributed by atoms with Crippen LogP contribution in [-0.2, 0) is 6.54 Å². The van der Waals surface area contributed by atoms with Crippen molar-refractivity contribution in [1.29, 1.82) is 0 Å². The van der Waals surface area contributed by atoms with Crippen molar-refractivity contribution in [3.05, 3.63) is 52.9 Å². The second-order valence-electron chi connectivity index (χ2n) is 5.37. The smallest absolute Gasteiger partial charge is 0.270 e. The summed E-state index contributed by atoms with van der Waals surface area (Å²) < 4.78 is 0. The van der Waals surface area contributed by atoms with E-state index in [2.05, 4.69) is 34.4 Å². The minimum absolute atomic E-state index is 0.232. The van der Waals surface area contributed by atoms with Crippen LogP contribution in [0.4, 0.5) is 5.82 Å². The lowest BCUT2D eigenvalue weighted by Gasteiger charge is -2.09. The fourth-order valence-corrected chi connectivity index (χ4v) is 1.89. The van der Waals surface area contributed by atoms with Gasteiger partial charge < -0.3 is 10.6 Å². The van der Waals surface area contributed by atoms with E-state index in [0.717, 1.165) is 12.1 Å². The van der Waals surface area contributed by atoms with E-state index in [9.17, 15) is 4.79 Å². The van der Waals surface area contributed by atoms with E-state index in [0.29, 0.717) is 29.0 Å². The van der Waals surface area contributed by atoms with E-state index in [-0.39, 0.29) is 5.91 Å². The van der Waals surface area contributed by atoms with Gasteiger partial charge in [0.05, 0.1) is 0 Å². The van der Waals surface area contributed by atoms with Crippen molar-refractivity contribution in [3.63, 3.8) is 0 Å². The molecule has 0 radical (unpaired) electrons. The second-order valence-corrected chi connectivity index (χ2v) is 5.81. The monoisotopic (exact) mass is 318 g/mol. The molecule has 0 saturated carbocycles. The van der Waals surface area contributed by atoms with Crippen molar-refractivity contribution < 1.29 is 4.79 Å². The molecule has 22 heavy (non-hydrogen) atoms. The third kappa shape index (κ3) is 5.00. The number of nitrogens with one attached hydrogen (secondary N) is 2. The highest BCUT2D eigenvalue weighted by Gasteiger charge is 2.08. The summed E-state index contributed by atoms with van der Waals surface area (Å²) >= 11 is 5.83. The number of halogens is 1. The van der Waals surface area contributed by atoms with Gasteiger partial charge >= 0.3 is 0 Å². The Balaban J connectivity index is 1.94. The molecule has 1 aromatic carbocycles. The van der Waals surface area contributed by atoms with E-state index in [1.165, 1.54) is 6.33 Å². The lowest BCUT2D eigenvalue weighted by molar-refractivity contribution is 0.0946. The highest BCUT2D eigenvalue weighted by molar-refractivity contribution is 6.30. The highest BCUT2D eigenvalue weighted by Crippen LogP contribution is 2.10. The first kappa shape index (κ1) is 16.2. The topological polar surface area (TPSA) is 66.9 Å². The molecule has 1 amide bonds. The maximum Gasteiger partial charge on any atom is 0.270 e. The van der Waals surface area contributed by atoms with Crippen molar-refractivity contribution in [2.45, 2.75) is 20.4 Å². The summed E-state index contributed by atoms with van der Waals surface area (Å²) in [5.41, 5.74) is 1.32. The number of carbonyl (C=O) groups excluding carboxylic acids is 1. The van der Waals surface area contributed by atoms with Gasteiger partial charge in [0.2, 0.25) is 0 Å². The maximum absolute atomic E-state index is 12.1. The average Bonchev–Trinajstić information content (AvgIpc) is 2.52. The molecule has 1 heterocycles. The molecule has 0 saturated heterocycles. The van der Waals surface area contributed by atoms with Crippen LogP contribution in [0.5, 0.6) is 0 Å². The zero-order chi connectivity index (χ0) is 15.9. The molecule has 1 aromatic heterocycles. The summed E-state index contributed by atoms with van der Waals surface area (Å²) in [6.07, 6.45) is 1.39. The molecule has 0 fully saturated rings. The normalized spacial score (nSPS) is 10.5. The second kappa shape index (κ2) is 7.75. The summed E-state index contributed by atoms with van der Waals surface area (Å²) in [5, 5.41) is 6.67. The van der Waals surface area contributed by atoms with Gasteiger partial charge in [-0.3, -0.25) is 4.79 Å². The number of benzene rings is 1. The number of carbonyl (C=O) groups is 1. The number of nitrogens with zero attached hydrogens (tertiary/aromatic N) is 2. The van der Waals surface area contributed by atoms with Crippen LogP contribution in [-0.4, -0.2) is 22.4 Å². The molecule has 0 aliphatic rings. The molecule has 116 valence electrons. The number of rotatable bonds is 6. The third-order valence-electron chi connectivity index (χ3n) is 2.96. The molecular weight excluding hydrogens is 300 g/mol. The summed E-state index contributed by atoms with van der Waals surface area (Å²) in [6.45, 7) is 5.43. The van der Waals surface area contributed by atoms with E-state index in [1.54, 1.807) is 18.2 Å². The zero-order valence-corrected chi connectivity index (χ0v) is 13.4. The Hall–Kier alpha value is -2.14. The van der Waals surface area contributed by atoms with Crippen LogP contribution < -0.4 is 10.6 Å². The fourth-order valence-electron chi connectivity index (χ4n) is 1.76. The molecule has 0 atom stereocenters. The summed E-state index contributed by atoms with van der Waals surface area (Å²) in [4.78, 5) is 20.2. The standard InChI is InChI=1S/C16H19ClN4O/c1-11(2)8-18-15-7-14(20-10-21-15)16(22)19-9-12-3-5-13(17)6-4-12/h3-7,10-11H,8-9H2,1-2H3,(H,19,22)(H,18,20,21). The van der Waals surface area contributed by atoms with E-state index < -0.39 is 0 Å². The fraction of sp³-hybridized carbons (Fsp3) is 0.312. The SMILES string of the molecule is CC(C)CNc1cc(C(=O)NCc2ccc(Cl)cc2)ncn1. The molecule has 5 nitrogen and oxygen atoms in total. The Bertz CT molecular complexity index is 628. The van der Waals surface area contributed by atoms with Gasteiger partial charge in [-0.05, 0) is 23.6 Å². The van der Waals surface area contributed by atoms with Crippen molar-refractivity contribution in [2.75, 3.05) is 11.9 Å². The van der Waals surface area contributed by atoms with Gasteiger partial charge in [0.1, 0.15) is 17.8 Å². The predicted molar refractivity (Wildman–Crippen MR) is 88.0 cm³/mol. The Morgan fingerprint density at radius 1 is 1.23 bits per heavy atom. The van der Waals surface area contributed by atoms with Gasteiger partial charge in [-0.2, -0.15) is 0 Å². The number of hydrogen-bond donors (Lipinski definition) is 2. The van der Waals surface area contributed by atoms with Crippen LogP contribution in [0.3, 0.4) is 0 Å². The molecule has 2 N–H and O–H groups in total. The molecule has 0 aliphatic carbocycles. The van der Waals surface area contributed by atoms with E-state index >= 15 is 0 Å². The van der Waals surface area contributed by atoms with Crippen LogP contribution >= 0.6 is 11.6 Å². The van der Waals surface area contributed by atoms with Crippen molar-refractivity contribution in [2.24, 2.45) is 5.92 Å². The van der Waals surface area contributed by atoms with Crippen LogP contribution in [0, 0.1) is 5.92 Å². The van der Waals surface area contributed by atoms with Crippen LogP contribution in [0.25, 0.3) is 0 Å². The minimum atomic E-state index is -0.232. The average molecular weight is 319 g/mol. The van der Waals surface area contributed by atoms with Gasteiger partial charge in [0.15, 0.2) is 0 Å². The molecule has 6 heteroatoms. The number of hydrogen-bond acceptors (Lipinski definition) is 4. The van der Waals surface area contributed by atoms with Crippen molar-refractivity contribution >= 4 is 23.3 Å². The Labute approximate surface area is 135 Å². The maximum atomic E-state index is 12.1. The summed E-state index contributed by atoms with van der Waals surface area (Å²) in [7, 11) is 0. The lowest BCUT2D eigenvalue weighted by atomic mass is 10.2. The molecule has 0 aliphatic heterocycles. The minimum Gasteiger partial charge on any atom is -0.370 e. The predicted octanol–water partition coefficient (Wildman–Crippen LogP) is 3.13. The van der Waals surface area contributed by atoms with Gasteiger partial charge in [-0.15, -0.1) is 0 Å². The highest BCUT2D eigenvalue weighted by atomic mass is 35.5. The van der Waals surface area contributed by atoms with E-state index in [4.69, 9.17) is 11.6 Å². The quantitative estimate of drug-likeness (QED) is 0.858. The van der Waals surface area contributed by atoms with Gasteiger partial charge in [0, 0.05) is 24.2 Å². The lowest BCUT2D eigenvalue weighted by Crippen LogP contribution is -2.24. The Kier molecular flexibility index (Phi) is 5.72. The summed E-state index contributed by atoms with van der Waals surface area (Å²) in [6, 6.07) is 8.99. The molecule has 0 bridgehead atoms. The Morgan fingerprint density at radius 3 is 2.64 bits per heavy atom. The first-order chi connectivity index (χ1) is 10.5. The zero-order valence-electron chi connectivity index (χ0n) is 12.6. The van der Waals surface area contributed by atoms with Crippen LogP contribution in [0.2, 0.25) is 5.02 Å². The van der Waals surface area contributed by atoms with Crippen molar-refractivity contribution in [3.8, 4) is 0 Å². The van der Waals surface area contributed by atoms with Crippen LogP contribution in [0.15, 0.2) is 36.7 Å². The van der Waals surface area contributed by atoms with Gasteiger partial charge in [-0.1, -0.05) is 37.6 Å². The summed E-state index contributed by atoms with van der Waals surface area (Å²) in [5.74, 6) is 0.919. The third-order valence-corrected chi connectivity index (χ3v) is 3.21. The molecule has 0 spiro atoms. The van der Waals surface area contributed by atoms with E-state index in [1.807, 2.05) is 12.1 Å². The molecule has 0 unspecified atom stereocenters. The molecule has 2 rings (SSSR count). The number of anilines is 1. The largest absolute Gasteiger partial charge is 0.370 e. The first-order valence-corrected chi connectivity index (χ1v) is 7.51.